The summed E-state index contributed by atoms with van der Waals surface area (Å²) in [5.41, 5.74) is 0. The maximum Gasteiger partial charge on any atom is 0.00989 e. The molecule has 0 bridgehead atoms. The molecule has 0 saturated heterocycles. The molecule has 0 amide bonds. The second-order valence-corrected chi connectivity index (χ2v) is 1.40. The van der Waals surface area contributed by atoms with Gasteiger partial charge in [-0.15, -0.1) is 6.42 Å². The van der Waals surface area contributed by atoms with Gasteiger partial charge in [0, 0.05) is 6.42 Å². The van der Waals surface area contributed by atoms with Crippen LogP contribution in [0.2, 0.25) is 0 Å². The Balaban J connectivity index is 3.06. The van der Waals surface area contributed by atoms with Crippen LogP contribution in [0.3, 0.4) is 0 Å². The van der Waals surface area contributed by atoms with E-state index in [0.29, 0.717) is 0 Å². The second-order valence-electron chi connectivity index (χ2n) is 1.40. The first kappa shape index (κ1) is 7.12. The van der Waals surface area contributed by atoms with Crippen LogP contribution in [0.1, 0.15) is 19.3 Å². The van der Waals surface area contributed by atoms with Crippen LogP contribution in [0.25, 0.3) is 0 Å². The highest BCUT2D eigenvalue weighted by Crippen LogP contribution is 1.88. The lowest BCUT2D eigenvalue weighted by atomic mass is 10.2. The zero-order valence-corrected chi connectivity index (χ0v) is 4.91. The first-order valence-electron chi connectivity index (χ1n) is 2.64. The second kappa shape index (κ2) is 6.12. The molecule has 0 aromatic heterocycles. The van der Waals surface area contributed by atoms with E-state index < -0.39 is 0 Å². The average molecular weight is 105 g/mol. The summed E-state index contributed by atoms with van der Waals surface area (Å²) < 4.78 is 0. The van der Waals surface area contributed by atoms with Crippen molar-refractivity contribution in [2.45, 2.75) is 19.3 Å². The van der Waals surface area contributed by atoms with Gasteiger partial charge < -0.3 is 0 Å². The Hall–Kier alpha value is -0.880. The number of unbranched alkanes of at least 4 members (excludes halogenated alkanes) is 2. The molecular formula is C8H9. The van der Waals surface area contributed by atoms with Crippen molar-refractivity contribution >= 4 is 0 Å². The Morgan fingerprint density at radius 3 is 2.75 bits per heavy atom. The summed E-state index contributed by atoms with van der Waals surface area (Å²) in [6.45, 7) is 3.66. The quantitative estimate of drug-likeness (QED) is 0.370. The molecule has 1 radical (unpaired) electrons. The number of rotatable bonds is 2. The van der Waals surface area contributed by atoms with Crippen LogP contribution in [-0.2, 0) is 0 Å². The van der Waals surface area contributed by atoms with Crippen LogP contribution in [0.4, 0.5) is 0 Å². The third kappa shape index (κ3) is 5.12. The lowest BCUT2D eigenvalue weighted by Crippen LogP contribution is -1.65. The lowest BCUT2D eigenvalue weighted by molar-refractivity contribution is 0.883. The summed E-state index contributed by atoms with van der Waals surface area (Å²) in [6, 6.07) is 0. The molecule has 0 atom stereocenters. The molecular weight excluding hydrogens is 96.1 g/mol. The van der Waals surface area contributed by atoms with Crippen molar-refractivity contribution in [3.05, 3.63) is 6.92 Å². The fraction of sp³-hybridized carbons (Fsp3) is 0.375. The minimum absolute atomic E-state index is 0.883. The van der Waals surface area contributed by atoms with Crippen LogP contribution in [0.15, 0.2) is 0 Å². The van der Waals surface area contributed by atoms with E-state index in [-0.39, 0.29) is 0 Å². The fourth-order valence-electron chi connectivity index (χ4n) is 0.327. The van der Waals surface area contributed by atoms with Crippen molar-refractivity contribution in [2.24, 2.45) is 0 Å². The van der Waals surface area contributed by atoms with Crippen LogP contribution in [0, 0.1) is 31.1 Å². The predicted octanol–water partition coefficient (Wildman–Crippen LogP) is 1.63. The average Bonchev–Trinajstić information content (AvgIpc) is 1.81. The first-order valence-corrected chi connectivity index (χ1v) is 2.64. The summed E-state index contributed by atoms with van der Waals surface area (Å²) in [5.74, 6) is 7.59. The monoisotopic (exact) mass is 105 g/mol. The van der Waals surface area contributed by atoms with E-state index in [9.17, 15) is 0 Å². The maximum atomic E-state index is 4.87. The van der Waals surface area contributed by atoms with E-state index in [1.165, 1.54) is 0 Å². The van der Waals surface area contributed by atoms with Crippen LogP contribution in [-0.4, -0.2) is 0 Å². The fourth-order valence-corrected chi connectivity index (χ4v) is 0.327. The smallest absolute Gasteiger partial charge is 0.00989 e. The molecule has 0 aliphatic rings. The van der Waals surface area contributed by atoms with Crippen LogP contribution >= 0.6 is 0 Å². The van der Waals surface area contributed by atoms with Gasteiger partial charge in [-0.05, 0) is 18.3 Å². The highest BCUT2D eigenvalue weighted by molar-refractivity contribution is 5.21. The van der Waals surface area contributed by atoms with E-state index in [4.69, 9.17) is 6.42 Å². The Morgan fingerprint density at radius 1 is 1.50 bits per heavy atom. The van der Waals surface area contributed by atoms with Crippen molar-refractivity contribution in [3.8, 4) is 24.2 Å². The van der Waals surface area contributed by atoms with Gasteiger partial charge in [-0.3, -0.25) is 0 Å². The Kier molecular flexibility index (Phi) is 5.45. The van der Waals surface area contributed by atoms with E-state index >= 15 is 0 Å². The molecule has 0 N–H and O–H groups in total. The molecule has 0 saturated carbocycles. The number of terminal acetylenes is 1. The number of hydrogen-bond donors (Lipinski definition) is 0. The van der Waals surface area contributed by atoms with Gasteiger partial charge in [0.15, 0.2) is 0 Å². The molecule has 0 heteroatoms. The molecule has 0 aromatic rings. The molecule has 0 aliphatic heterocycles. The molecule has 8 heavy (non-hydrogen) atoms. The highest BCUT2D eigenvalue weighted by Gasteiger charge is 1.73. The van der Waals surface area contributed by atoms with Gasteiger partial charge in [0.2, 0.25) is 0 Å². The van der Waals surface area contributed by atoms with Crippen molar-refractivity contribution in [1.29, 1.82) is 0 Å². The molecule has 0 fully saturated rings. The topological polar surface area (TPSA) is 0 Å². The summed E-state index contributed by atoms with van der Waals surface area (Å²) >= 11 is 0. The van der Waals surface area contributed by atoms with Gasteiger partial charge >= 0.3 is 0 Å². The highest BCUT2D eigenvalue weighted by atomic mass is 13.8. The van der Waals surface area contributed by atoms with Gasteiger partial charge in [0.25, 0.3) is 0 Å². The maximum absolute atomic E-state index is 4.87. The van der Waals surface area contributed by atoms with Crippen LogP contribution in [0.5, 0.6) is 0 Å². The third-order valence-corrected chi connectivity index (χ3v) is 0.712. The molecule has 0 unspecified atom stereocenters. The minimum atomic E-state index is 0.883. The lowest BCUT2D eigenvalue weighted by Gasteiger charge is -1.80. The normalized spacial score (nSPS) is 6.50. The Bertz CT molecular complexity index is 126. The van der Waals surface area contributed by atoms with Gasteiger partial charge in [-0.2, -0.15) is 0 Å². The van der Waals surface area contributed by atoms with E-state index in [1.807, 2.05) is 0 Å². The molecule has 0 rings (SSSR count). The standard InChI is InChI=1S/C8H9/c1-3-5-7-8-6-4-2/h1H,2,4,6,8H2. The minimum Gasteiger partial charge on any atom is -0.106 e. The predicted molar refractivity (Wildman–Crippen MR) is 35.8 cm³/mol. The van der Waals surface area contributed by atoms with E-state index in [1.54, 1.807) is 0 Å². The molecule has 0 heterocycles. The Morgan fingerprint density at radius 2 is 2.25 bits per heavy atom. The van der Waals surface area contributed by atoms with Crippen molar-refractivity contribution in [3.63, 3.8) is 0 Å². The van der Waals surface area contributed by atoms with Crippen molar-refractivity contribution < 1.29 is 0 Å². The summed E-state index contributed by atoms with van der Waals surface area (Å²) in [5, 5.41) is 0. The first-order chi connectivity index (χ1) is 3.91. The number of hydrogen-bond acceptors (Lipinski definition) is 0. The molecule has 41 valence electrons. The zero-order chi connectivity index (χ0) is 6.24. The molecule has 0 nitrogen and oxygen atoms in total. The van der Waals surface area contributed by atoms with E-state index in [0.717, 1.165) is 19.3 Å². The van der Waals surface area contributed by atoms with Gasteiger partial charge in [-0.25, -0.2) is 0 Å². The largest absolute Gasteiger partial charge is 0.106 e. The van der Waals surface area contributed by atoms with Gasteiger partial charge in [-0.1, -0.05) is 19.3 Å². The van der Waals surface area contributed by atoms with Crippen molar-refractivity contribution in [2.75, 3.05) is 0 Å². The molecule has 0 aliphatic carbocycles. The van der Waals surface area contributed by atoms with Gasteiger partial charge in [0.05, 0.1) is 0 Å². The third-order valence-electron chi connectivity index (χ3n) is 0.712. The molecule has 0 spiro atoms. The van der Waals surface area contributed by atoms with Gasteiger partial charge in [0.1, 0.15) is 0 Å². The van der Waals surface area contributed by atoms with E-state index in [2.05, 4.69) is 24.7 Å². The Labute approximate surface area is 51.3 Å². The summed E-state index contributed by atoms with van der Waals surface area (Å²) in [4.78, 5) is 0. The SMILES string of the molecule is C#CC#CCCC[CH2]. The molecule has 0 aromatic carbocycles. The zero-order valence-electron chi connectivity index (χ0n) is 4.91. The summed E-state index contributed by atoms with van der Waals surface area (Å²) in [6.07, 6.45) is 7.75. The van der Waals surface area contributed by atoms with Crippen LogP contribution < -0.4 is 0 Å². The van der Waals surface area contributed by atoms with Crippen molar-refractivity contribution in [1.82, 2.24) is 0 Å². The summed E-state index contributed by atoms with van der Waals surface area (Å²) in [7, 11) is 0.